The summed E-state index contributed by atoms with van der Waals surface area (Å²) in [4.78, 5) is 11.9. The van der Waals surface area contributed by atoms with Crippen LogP contribution in [-0.4, -0.2) is 27.8 Å². The largest absolute Gasteiger partial charge is 0.466 e. The molecule has 0 aliphatic heterocycles. The van der Waals surface area contributed by atoms with Crippen LogP contribution in [0.4, 0.5) is 0 Å². The van der Waals surface area contributed by atoms with E-state index in [1.807, 2.05) is 44.2 Å². The number of carbonyl (C=O) groups excluding carboxylic acids is 1. The van der Waals surface area contributed by atoms with Gasteiger partial charge in [0.1, 0.15) is 0 Å². The summed E-state index contributed by atoms with van der Waals surface area (Å²) in [7, 11) is 0. The van der Waals surface area contributed by atoms with Crippen molar-refractivity contribution in [3.05, 3.63) is 35.9 Å². The number of hydrogen-bond donors (Lipinski definition) is 0. The van der Waals surface area contributed by atoms with Gasteiger partial charge in [-0.1, -0.05) is 47.2 Å². The predicted octanol–water partition coefficient (Wildman–Crippen LogP) is 3.30. The molecule has 0 aliphatic rings. The van der Waals surface area contributed by atoms with Gasteiger partial charge in [-0.05, 0) is 25.2 Å². The van der Waals surface area contributed by atoms with Crippen LogP contribution in [0.5, 0.6) is 5.19 Å². The normalized spacial score (nSPS) is 10.7. The third-order valence-electron chi connectivity index (χ3n) is 2.15. The second kappa shape index (κ2) is 6.68. The first-order chi connectivity index (χ1) is 9.15. The van der Waals surface area contributed by atoms with Crippen LogP contribution in [0.2, 0.25) is 0 Å². The zero-order valence-corrected chi connectivity index (χ0v) is 12.3. The Hall–Kier alpha value is -1.40. The lowest BCUT2D eigenvalue weighted by Crippen LogP contribution is -2.04. The lowest BCUT2D eigenvalue weighted by molar-refractivity contribution is 0.102. The fourth-order valence-corrected chi connectivity index (χ4v) is 3.04. The fourth-order valence-electron chi connectivity index (χ4n) is 1.34. The average Bonchev–Trinajstić information content (AvgIpc) is 2.84. The van der Waals surface area contributed by atoms with Crippen LogP contribution < -0.4 is 4.74 Å². The van der Waals surface area contributed by atoms with Gasteiger partial charge in [0, 0.05) is 5.56 Å². The van der Waals surface area contributed by atoms with Crippen molar-refractivity contribution >= 4 is 28.9 Å². The molecule has 1 aromatic heterocycles. The highest BCUT2D eigenvalue weighted by Crippen LogP contribution is 2.28. The van der Waals surface area contributed by atoms with E-state index in [1.165, 1.54) is 23.1 Å². The van der Waals surface area contributed by atoms with E-state index >= 15 is 0 Å². The van der Waals surface area contributed by atoms with Gasteiger partial charge >= 0.3 is 0 Å². The second-order valence-electron chi connectivity index (χ2n) is 4.08. The van der Waals surface area contributed by atoms with Gasteiger partial charge in [-0.2, -0.15) is 0 Å². The lowest BCUT2D eigenvalue weighted by Gasteiger charge is -2.02. The Bertz CT molecular complexity index is 541. The molecule has 0 bridgehead atoms. The van der Waals surface area contributed by atoms with Crippen molar-refractivity contribution in [2.24, 2.45) is 0 Å². The maximum absolute atomic E-state index is 11.9. The molecule has 2 aromatic rings. The third-order valence-corrected chi connectivity index (χ3v) is 4.09. The van der Waals surface area contributed by atoms with Crippen LogP contribution in [0.1, 0.15) is 24.2 Å². The molecular formula is C13H14N2O2S2. The fraction of sp³-hybridized carbons (Fsp3) is 0.308. The van der Waals surface area contributed by atoms with E-state index in [-0.39, 0.29) is 11.9 Å². The van der Waals surface area contributed by atoms with Gasteiger partial charge in [0.2, 0.25) is 0 Å². The third kappa shape index (κ3) is 4.33. The average molecular weight is 294 g/mol. The number of benzene rings is 1. The maximum Gasteiger partial charge on any atom is 0.295 e. The first-order valence-electron chi connectivity index (χ1n) is 5.86. The molecule has 0 atom stereocenters. The van der Waals surface area contributed by atoms with Crippen LogP contribution in [0, 0.1) is 0 Å². The Labute approximate surface area is 120 Å². The van der Waals surface area contributed by atoms with E-state index in [0.29, 0.717) is 10.9 Å². The molecule has 0 unspecified atom stereocenters. The molecule has 0 amide bonds. The number of hydrogen-bond acceptors (Lipinski definition) is 6. The van der Waals surface area contributed by atoms with Crippen LogP contribution >= 0.6 is 23.1 Å². The number of aromatic nitrogens is 2. The monoisotopic (exact) mass is 294 g/mol. The highest BCUT2D eigenvalue weighted by atomic mass is 32.2. The van der Waals surface area contributed by atoms with Crippen molar-refractivity contribution in [2.75, 3.05) is 5.75 Å². The Morgan fingerprint density at radius 2 is 2.05 bits per heavy atom. The van der Waals surface area contributed by atoms with Gasteiger partial charge in [0.05, 0.1) is 11.9 Å². The lowest BCUT2D eigenvalue weighted by atomic mass is 10.2. The number of ether oxygens (including phenoxy) is 1. The van der Waals surface area contributed by atoms with Crippen molar-refractivity contribution in [1.82, 2.24) is 10.2 Å². The molecule has 0 radical (unpaired) electrons. The minimum Gasteiger partial charge on any atom is -0.466 e. The van der Waals surface area contributed by atoms with Gasteiger partial charge < -0.3 is 4.74 Å². The summed E-state index contributed by atoms with van der Waals surface area (Å²) in [5, 5.41) is 8.46. The van der Waals surface area contributed by atoms with Gasteiger partial charge in [0.15, 0.2) is 10.1 Å². The quantitative estimate of drug-likeness (QED) is 0.604. The molecule has 0 fully saturated rings. The van der Waals surface area contributed by atoms with E-state index in [0.717, 1.165) is 9.90 Å². The molecule has 100 valence electrons. The Morgan fingerprint density at radius 3 is 2.74 bits per heavy atom. The van der Waals surface area contributed by atoms with Gasteiger partial charge in [-0.15, -0.1) is 5.10 Å². The molecule has 19 heavy (non-hydrogen) atoms. The van der Waals surface area contributed by atoms with Gasteiger partial charge in [0.25, 0.3) is 5.19 Å². The summed E-state index contributed by atoms with van der Waals surface area (Å²) in [5.41, 5.74) is 0.721. The Kier molecular flexibility index (Phi) is 4.93. The molecular weight excluding hydrogens is 280 g/mol. The second-order valence-corrected chi connectivity index (χ2v) is 6.24. The van der Waals surface area contributed by atoms with Crippen LogP contribution in [0.3, 0.4) is 0 Å². The number of thioether (sulfide) groups is 1. The molecule has 0 N–H and O–H groups in total. The Balaban J connectivity index is 1.89. The SMILES string of the molecule is CC(C)Oc1nnc(SCC(=O)c2ccccc2)s1. The Morgan fingerprint density at radius 1 is 1.32 bits per heavy atom. The smallest absolute Gasteiger partial charge is 0.295 e. The zero-order chi connectivity index (χ0) is 13.7. The van der Waals surface area contributed by atoms with Crippen molar-refractivity contribution in [3.63, 3.8) is 0 Å². The number of Topliss-reactive ketones (excluding diaryl/α,β-unsaturated/α-hetero) is 1. The van der Waals surface area contributed by atoms with E-state index in [4.69, 9.17) is 4.74 Å². The summed E-state index contributed by atoms with van der Waals surface area (Å²) < 4.78 is 6.18. The minimum absolute atomic E-state index is 0.0803. The van der Waals surface area contributed by atoms with E-state index in [1.54, 1.807) is 0 Å². The van der Waals surface area contributed by atoms with Crippen molar-refractivity contribution in [1.29, 1.82) is 0 Å². The van der Waals surface area contributed by atoms with Crippen LogP contribution in [-0.2, 0) is 0 Å². The maximum atomic E-state index is 11.9. The molecule has 4 nitrogen and oxygen atoms in total. The van der Waals surface area contributed by atoms with E-state index in [9.17, 15) is 4.79 Å². The highest BCUT2D eigenvalue weighted by molar-refractivity contribution is 8.01. The molecule has 1 heterocycles. The van der Waals surface area contributed by atoms with Crippen LogP contribution in [0.15, 0.2) is 34.7 Å². The first-order valence-corrected chi connectivity index (χ1v) is 7.66. The summed E-state index contributed by atoms with van der Waals surface area (Å²) in [6.07, 6.45) is 0.0803. The molecule has 1 aromatic carbocycles. The first kappa shape index (κ1) is 14.0. The van der Waals surface area contributed by atoms with E-state index in [2.05, 4.69) is 10.2 Å². The highest BCUT2D eigenvalue weighted by Gasteiger charge is 2.10. The van der Waals surface area contributed by atoms with Crippen molar-refractivity contribution < 1.29 is 9.53 Å². The predicted molar refractivity (Wildman–Crippen MR) is 77.2 cm³/mol. The number of rotatable bonds is 6. The number of nitrogens with zero attached hydrogens (tertiary/aromatic N) is 2. The summed E-state index contributed by atoms with van der Waals surface area (Å²) >= 11 is 2.75. The van der Waals surface area contributed by atoms with E-state index < -0.39 is 0 Å². The van der Waals surface area contributed by atoms with Gasteiger partial charge in [-0.25, -0.2) is 0 Å². The molecule has 0 saturated carbocycles. The summed E-state index contributed by atoms with van der Waals surface area (Å²) in [6.45, 7) is 3.88. The zero-order valence-electron chi connectivity index (χ0n) is 10.7. The molecule has 0 aliphatic carbocycles. The minimum atomic E-state index is 0.0803. The summed E-state index contributed by atoms with van der Waals surface area (Å²) in [6, 6.07) is 9.24. The van der Waals surface area contributed by atoms with Crippen molar-refractivity contribution in [2.45, 2.75) is 24.3 Å². The molecule has 0 saturated heterocycles. The molecule has 0 spiro atoms. The van der Waals surface area contributed by atoms with Gasteiger partial charge in [-0.3, -0.25) is 4.79 Å². The summed E-state index contributed by atoms with van der Waals surface area (Å²) in [5.74, 6) is 0.451. The molecule has 2 rings (SSSR count). The standard InChI is InChI=1S/C13H14N2O2S2/c1-9(2)17-12-14-15-13(19-12)18-8-11(16)10-6-4-3-5-7-10/h3-7,9H,8H2,1-2H3. The van der Waals surface area contributed by atoms with Crippen LogP contribution in [0.25, 0.3) is 0 Å². The number of ketones is 1. The van der Waals surface area contributed by atoms with Crippen molar-refractivity contribution in [3.8, 4) is 5.19 Å². The molecule has 6 heteroatoms. The topological polar surface area (TPSA) is 52.1 Å². The number of carbonyl (C=O) groups is 1.